The molecule has 0 aliphatic carbocycles. The summed E-state index contributed by atoms with van der Waals surface area (Å²) < 4.78 is 11.2. The number of thiazole rings is 1. The van der Waals surface area contributed by atoms with E-state index in [2.05, 4.69) is 15.6 Å². The molecule has 1 aromatic heterocycles. The van der Waals surface area contributed by atoms with Crippen LogP contribution in [0, 0.1) is 0 Å². The first kappa shape index (κ1) is 19.6. The predicted molar refractivity (Wildman–Crippen MR) is 113 cm³/mol. The number of nitrogens with one attached hydrogen (secondary N) is 2. The molecule has 0 atom stereocenters. The highest BCUT2D eigenvalue weighted by atomic mass is 35.5. The van der Waals surface area contributed by atoms with E-state index in [1.54, 1.807) is 31.4 Å². The van der Waals surface area contributed by atoms with Gasteiger partial charge in [-0.3, -0.25) is 10.1 Å². The molecule has 1 amide bonds. The highest BCUT2D eigenvalue weighted by Crippen LogP contribution is 2.34. The zero-order valence-corrected chi connectivity index (χ0v) is 17.3. The second-order valence-electron chi connectivity index (χ2n) is 5.23. The minimum Gasteiger partial charge on any atom is -0.496 e. The Morgan fingerprint density at radius 1 is 1.15 bits per heavy atom. The first-order valence-corrected chi connectivity index (χ1v) is 9.49. The third-order valence-electron chi connectivity index (χ3n) is 3.52. The van der Waals surface area contributed by atoms with E-state index in [0.717, 1.165) is 4.70 Å². The number of benzene rings is 2. The number of rotatable bonds is 4. The van der Waals surface area contributed by atoms with Crippen molar-refractivity contribution in [2.75, 3.05) is 19.5 Å². The van der Waals surface area contributed by atoms with Gasteiger partial charge in [0.2, 0.25) is 0 Å². The third kappa shape index (κ3) is 4.41. The lowest BCUT2D eigenvalue weighted by molar-refractivity contribution is 0.0975. The summed E-state index contributed by atoms with van der Waals surface area (Å²) in [5.74, 6) is 0.502. The summed E-state index contributed by atoms with van der Waals surface area (Å²) in [5, 5.41) is 6.96. The highest BCUT2D eigenvalue weighted by Gasteiger charge is 2.15. The Kier molecular flexibility index (Phi) is 6.01. The van der Waals surface area contributed by atoms with Crippen LogP contribution in [0.5, 0.6) is 11.5 Å². The molecule has 2 aromatic carbocycles. The van der Waals surface area contributed by atoms with Crippen molar-refractivity contribution in [1.82, 2.24) is 10.3 Å². The van der Waals surface area contributed by atoms with Crippen molar-refractivity contribution in [3.8, 4) is 11.5 Å². The molecule has 0 saturated carbocycles. The molecule has 3 aromatic rings. The molecule has 1 heterocycles. The van der Waals surface area contributed by atoms with E-state index < -0.39 is 5.91 Å². The summed E-state index contributed by atoms with van der Waals surface area (Å²) in [5.41, 5.74) is 0.967. The minimum absolute atomic E-state index is 0.0964. The maximum absolute atomic E-state index is 12.4. The van der Waals surface area contributed by atoms with Crippen molar-refractivity contribution in [3.63, 3.8) is 0 Å². The van der Waals surface area contributed by atoms with Gasteiger partial charge in [-0.2, -0.15) is 0 Å². The van der Waals surface area contributed by atoms with Crippen LogP contribution in [0.4, 0.5) is 5.13 Å². The average molecular weight is 442 g/mol. The first-order valence-electron chi connectivity index (χ1n) is 7.51. The molecule has 0 aliphatic heterocycles. The average Bonchev–Trinajstić information content (AvgIpc) is 3.01. The Hall–Kier alpha value is -2.13. The van der Waals surface area contributed by atoms with E-state index in [1.165, 1.54) is 24.5 Å². The lowest BCUT2D eigenvalue weighted by atomic mass is 10.2. The number of anilines is 1. The van der Waals surface area contributed by atoms with Crippen LogP contribution < -0.4 is 20.1 Å². The molecular weight excluding hydrogens is 429 g/mol. The van der Waals surface area contributed by atoms with Crippen molar-refractivity contribution in [3.05, 3.63) is 45.9 Å². The van der Waals surface area contributed by atoms with Crippen molar-refractivity contribution in [1.29, 1.82) is 0 Å². The zero-order valence-electron chi connectivity index (χ0n) is 14.1. The maximum atomic E-state index is 12.4. The fraction of sp³-hybridized carbons (Fsp3) is 0.118. The maximum Gasteiger partial charge on any atom is 0.261 e. The van der Waals surface area contributed by atoms with E-state index in [-0.39, 0.29) is 10.7 Å². The lowest BCUT2D eigenvalue weighted by Gasteiger charge is -2.10. The summed E-state index contributed by atoms with van der Waals surface area (Å²) in [6.45, 7) is 0. The Bertz CT molecular complexity index is 1040. The van der Waals surface area contributed by atoms with Gasteiger partial charge < -0.3 is 14.8 Å². The van der Waals surface area contributed by atoms with E-state index in [9.17, 15) is 4.79 Å². The molecule has 6 nitrogen and oxygen atoms in total. The van der Waals surface area contributed by atoms with Gasteiger partial charge in [0.25, 0.3) is 5.91 Å². The Morgan fingerprint density at radius 3 is 2.59 bits per heavy atom. The number of halogens is 2. The Morgan fingerprint density at radius 2 is 1.89 bits per heavy atom. The van der Waals surface area contributed by atoms with Crippen LogP contribution in [0.3, 0.4) is 0 Å². The van der Waals surface area contributed by atoms with Crippen LogP contribution in [0.1, 0.15) is 10.4 Å². The minimum atomic E-state index is -0.447. The molecule has 0 fully saturated rings. The molecular formula is C17H13Cl2N3O3S2. The number of carbonyl (C=O) groups excluding carboxylic acids is 1. The number of nitrogens with zero attached hydrogens (tertiary/aromatic N) is 1. The molecule has 2 N–H and O–H groups in total. The van der Waals surface area contributed by atoms with Crippen LogP contribution in [-0.4, -0.2) is 30.2 Å². The second kappa shape index (κ2) is 8.26. The van der Waals surface area contributed by atoms with E-state index in [0.29, 0.717) is 32.2 Å². The summed E-state index contributed by atoms with van der Waals surface area (Å²) in [6, 6.07) is 8.24. The number of carbonyl (C=O) groups is 1. The SMILES string of the molecule is COc1cc2sc(NC(=S)NC(=O)c3cc(Cl)ccc3OC)nc2cc1Cl. The first-order chi connectivity index (χ1) is 12.9. The summed E-state index contributed by atoms with van der Waals surface area (Å²) in [6.07, 6.45) is 0. The molecule has 0 spiro atoms. The van der Waals surface area contributed by atoms with Crippen LogP contribution in [0.25, 0.3) is 10.2 Å². The van der Waals surface area contributed by atoms with Gasteiger partial charge in [0.1, 0.15) is 11.5 Å². The molecule has 3 rings (SSSR count). The Labute approximate surface area is 174 Å². The second-order valence-corrected chi connectivity index (χ2v) is 7.51. The topological polar surface area (TPSA) is 72.5 Å². The van der Waals surface area contributed by atoms with Crippen LogP contribution >= 0.6 is 46.8 Å². The fourth-order valence-electron chi connectivity index (χ4n) is 2.30. The third-order valence-corrected chi connectivity index (χ3v) is 5.18. The normalized spacial score (nSPS) is 10.5. The number of fused-ring (bicyclic) bond motifs is 1. The number of aromatic nitrogens is 1. The number of methoxy groups -OCH3 is 2. The van der Waals surface area contributed by atoms with Crippen molar-refractivity contribution in [2.45, 2.75) is 0 Å². The van der Waals surface area contributed by atoms with Gasteiger partial charge in [-0.1, -0.05) is 34.5 Å². The van der Waals surface area contributed by atoms with Gasteiger partial charge in [-0.15, -0.1) is 0 Å². The van der Waals surface area contributed by atoms with Crippen LogP contribution in [0.15, 0.2) is 30.3 Å². The molecule has 0 unspecified atom stereocenters. The fourth-order valence-corrected chi connectivity index (χ4v) is 3.84. The molecule has 27 heavy (non-hydrogen) atoms. The molecule has 0 saturated heterocycles. The molecule has 0 aliphatic rings. The number of hydrogen-bond acceptors (Lipinski definition) is 6. The van der Waals surface area contributed by atoms with Crippen LogP contribution in [-0.2, 0) is 0 Å². The molecule has 140 valence electrons. The molecule has 10 heteroatoms. The number of hydrogen-bond donors (Lipinski definition) is 2. The van der Waals surface area contributed by atoms with Gasteiger partial charge in [0.05, 0.1) is 35.0 Å². The largest absolute Gasteiger partial charge is 0.496 e. The molecule has 0 bridgehead atoms. The summed E-state index contributed by atoms with van der Waals surface area (Å²) >= 11 is 18.6. The number of amides is 1. The van der Waals surface area contributed by atoms with Crippen molar-refractivity contribution >= 4 is 73.1 Å². The van der Waals surface area contributed by atoms with Crippen molar-refractivity contribution < 1.29 is 14.3 Å². The zero-order chi connectivity index (χ0) is 19.6. The number of thiocarbonyl (C=S) groups is 1. The smallest absolute Gasteiger partial charge is 0.261 e. The van der Waals surface area contributed by atoms with E-state index >= 15 is 0 Å². The Balaban J connectivity index is 1.75. The number of ether oxygens (including phenoxy) is 2. The van der Waals surface area contributed by atoms with Gasteiger partial charge in [-0.25, -0.2) is 4.98 Å². The summed E-state index contributed by atoms with van der Waals surface area (Å²) in [7, 11) is 3.01. The van der Waals surface area contributed by atoms with Crippen LogP contribution in [0.2, 0.25) is 10.0 Å². The quantitative estimate of drug-likeness (QED) is 0.569. The standard InChI is InChI=1S/C17H13Cl2N3O3S2/c1-24-12-4-3-8(18)5-9(12)15(23)21-16(26)22-17-20-11-6-10(19)13(25-2)7-14(11)27-17/h3-7H,1-2H3,(H2,20,21,22,23,26). The monoisotopic (exact) mass is 441 g/mol. The highest BCUT2D eigenvalue weighted by molar-refractivity contribution is 7.80. The molecule has 0 radical (unpaired) electrons. The van der Waals surface area contributed by atoms with Crippen molar-refractivity contribution in [2.24, 2.45) is 0 Å². The van der Waals surface area contributed by atoms with Gasteiger partial charge in [-0.05, 0) is 36.5 Å². The lowest BCUT2D eigenvalue weighted by Crippen LogP contribution is -2.34. The van der Waals surface area contributed by atoms with E-state index in [4.69, 9.17) is 44.9 Å². The van der Waals surface area contributed by atoms with Gasteiger partial charge in [0, 0.05) is 11.1 Å². The summed E-state index contributed by atoms with van der Waals surface area (Å²) in [4.78, 5) is 16.8. The van der Waals surface area contributed by atoms with Gasteiger partial charge in [0.15, 0.2) is 10.2 Å². The predicted octanol–water partition coefficient (Wildman–Crippen LogP) is 4.75. The van der Waals surface area contributed by atoms with Gasteiger partial charge >= 0.3 is 0 Å². The van der Waals surface area contributed by atoms with E-state index in [1.807, 2.05) is 0 Å².